The fourth-order valence-electron chi connectivity index (χ4n) is 1.72. The van der Waals surface area contributed by atoms with E-state index in [2.05, 4.69) is 20.7 Å². The second-order valence-electron chi connectivity index (χ2n) is 4.00. The molecule has 0 atom stereocenters. The lowest BCUT2D eigenvalue weighted by Crippen LogP contribution is -2.44. The molecule has 1 aliphatic heterocycles. The van der Waals surface area contributed by atoms with Gasteiger partial charge in [0.1, 0.15) is 11.5 Å². The van der Waals surface area contributed by atoms with Crippen LogP contribution in [0.15, 0.2) is 17.6 Å². The lowest BCUT2D eigenvalue weighted by atomic mass is 10.2. The van der Waals surface area contributed by atoms with E-state index < -0.39 is 0 Å². The number of carbonyl (C=O) groups excluding carboxylic acids is 1. The molecule has 2 aromatic heterocycles. The molecule has 0 aromatic carbocycles. The van der Waals surface area contributed by atoms with E-state index in [1.165, 1.54) is 11.3 Å². The lowest BCUT2D eigenvalue weighted by molar-refractivity contribution is 0.102. The average Bonchev–Trinajstić information content (AvgIpc) is 2.86. The van der Waals surface area contributed by atoms with Crippen LogP contribution in [0, 0.1) is 0 Å². The fraction of sp³-hybridized carbons (Fsp3) is 0.300. The number of hydrogen-bond acceptors (Lipinski definition) is 6. The number of thiazole rings is 1. The van der Waals surface area contributed by atoms with Crippen molar-refractivity contribution in [3.05, 3.63) is 23.3 Å². The molecule has 1 aliphatic rings. The minimum atomic E-state index is -0.267. The molecule has 0 spiro atoms. The summed E-state index contributed by atoms with van der Waals surface area (Å²) in [5.74, 6) is 0.412. The third kappa shape index (κ3) is 1.95. The van der Waals surface area contributed by atoms with Gasteiger partial charge in [0.2, 0.25) is 0 Å². The van der Waals surface area contributed by atoms with Gasteiger partial charge in [-0.3, -0.25) is 4.79 Å². The topological polar surface area (TPSA) is 97.9 Å². The van der Waals surface area contributed by atoms with Crippen LogP contribution >= 0.6 is 11.3 Å². The molecular weight excluding hydrogens is 252 g/mol. The zero-order chi connectivity index (χ0) is 12.5. The largest absolute Gasteiger partial charge is 0.375 e. The summed E-state index contributed by atoms with van der Waals surface area (Å²) in [4.78, 5) is 15.9. The SMILES string of the molecule is Nc1nc(C(=O)Nc2ccnn2C2CNC2)cs1. The second kappa shape index (κ2) is 4.39. The van der Waals surface area contributed by atoms with Gasteiger partial charge in [-0.15, -0.1) is 11.3 Å². The van der Waals surface area contributed by atoms with Gasteiger partial charge in [-0.1, -0.05) is 0 Å². The summed E-state index contributed by atoms with van der Waals surface area (Å²) >= 11 is 1.24. The second-order valence-corrected chi connectivity index (χ2v) is 4.89. The molecule has 3 heterocycles. The summed E-state index contributed by atoms with van der Waals surface area (Å²) in [6.07, 6.45) is 1.67. The van der Waals surface area contributed by atoms with Crippen molar-refractivity contribution in [2.24, 2.45) is 0 Å². The highest BCUT2D eigenvalue weighted by Crippen LogP contribution is 2.18. The normalized spacial score (nSPS) is 15.3. The fourth-order valence-corrected chi connectivity index (χ4v) is 2.27. The number of carbonyl (C=O) groups is 1. The zero-order valence-corrected chi connectivity index (χ0v) is 10.3. The quantitative estimate of drug-likeness (QED) is 0.741. The number of aromatic nitrogens is 3. The molecule has 0 bridgehead atoms. The minimum Gasteiger partial charge on any atom is -0.375 e. The molecular formula is C10H12N6OS. The Hall–Kier alpha value is -1.93. The van der Waals surface area contributed by atoms with Crippen molar-refractivity contribution in [3.63, 3.8) is 0 Å². The number of amides is 1. The standard InChI is InChI=1S/C10H12N6OS/c11-10-14-7(5-18-10)9(17)15-8-1-2-13-16(8)6-3-12-4-6/h1-2,5-6,12H,3-4H2,(H2,11,14)(H,15,17). The first-order valence-electron chi connectivity index (χ1n) is 5.50. The molecule has 0 aliphatic carbocycles. The Morgan fingerprint density at radius 2 is 2.44 bits per heavy atom. The van der Waals surface area contributed by atoms with Gasteiger partial charge < -0.3 is 16.4 Å². The van der Waals surface area contributed by atoms with E-state index in [4.69, 9.17) is 5.73 Å². The predicted octanol–water partition coefficient (Wildman–Crippen LogP) is 0.318. The van der Waals surface area contributed by atoms with E-state index in [1.807, 2.05) is 4.68 Å². The summed E-state index contributed by atoms with van der Waals surface area (Å²) in [5.41, 5.74) is 5.83. The highest BCUT2D eigenvalue weighted by atomic mass is 32.1. The Bertz CT molecular complexity index is 572. The number of hydrogen-bond donors (Lipinski definition) is 3. The van der Waals surface area contributed by atoms with E-state index in [-0.39, 0.29) is 5.91 Å². The summed E-state index contributed by atoms with van der Waals surface area (Å²) in [6.45, 7) is 1.74. The van der Waals surface area contributed by atoms with Crippen LogP contribution in [0.5, 0.6) is 0 Å². The number of nitrogen functional groups attached to an aromatic ring is 1. The molecule has 1 fully saturated rings. The van der Waals surface area contributed by atoms with Crippen molar-refractivity contribution in [2.45, 2.75) is 6.04 Å². The van der Waals surface area contributed by atoms with Crippen LogP contribution in [0.25, 0.3) is 0 Å². The number of rotatable bonds is 3. The highest BCUT2D eigenvalue weighted by molar-refractivity contribution is 7.13. The Morgan fingerprint density at radius 3 is 3.06 bits per heavy atom. The van der Waals surface area contributed by atoms with E-state index in [9.17, 15) is 4.79 Å². The molecule has 7 nitrogen and oxygen atoms in total. The smallest absolute Gasteiger partial charge is 0.276 e. The van der Waals surface area contributed by atoms with Crippen LogP contribution in [-0.2, 0) is 0 Å². The summed E-state index contributed by atoms with van der Waals surface area (Å²) < 4.78 is 1.81. The first kappa shape index (κ1) is 11.2. The summed E-state index contributed by atoms with van der Waals surface area (Å²) in [5, 5.41) is 12.2. The molecule has 0 unspecified atom stereocenters. The molecule has 18 heavy (non-hydrogen) atoms. The van der Waals surface area contributed by atoms with E-state index in [0.29, 0.717) is 22.7 Å². The first-order valence-corrected chi connectivity index (χ1v) is 6.38. The number of nitrogens with zero attached hydrogens (tertiary/aromatic N) is 3. The van der Waals surface area contributed by atoms with E-state index in [0.717, 1.165) is 13.1 Å². The molecule has 0 radical (unpaired) electrons. The monoisotopic (exact) mass is 264 g/mol. The Labute approximate surface area is 107 Å². The molecule has 1 saturated heterocycles. The van der Waals surface area contributed by atoms with E-state index in [1.54, 1.807) is 17.6 Å². The Morgan fingerprint density at radius 1 is 1.61 bits per heavy atom. The number of anilines is 2. The van der Waals surface area contributed by atoms with Gasteiger partial charge in [-0.25, -0.2) is 9.67 Å². The first-order chi connectivity index (χ1) is 8.74. The van der Waals surface area contributed by atoms with Crippen LogP contribution < -0.4 is 16.4 Å². The number of nitrogens with two attached hydrogens (primary N) is 1. The van der Waals surface area contributed by atoms with Crippen molar-refractivity contribution in [1.82, 2.24) is 20.1 Å². The molecule has 2 aromatic rings. The van der Waals surface area contributed by atoms with Crippen molar-refractivity contribution < 1.29 is 4.79 Å². The van der Waals surface area contributed by atoms with Crippen LogP contribution in [-0.4, -0.2) is 33.8 Å². The maximum Gasteiger partial charge on any atom is 0.276 e. The Kier molecular flexibility index (Phi) is 2.73. The van der Waals surface area contributed by atoms with Gasteiger partial charge in [0.15, 0.2) is 5.13 Å². The third-order valence-electron chi connectivity index (χ3n) is 2.77. The van der Waals surface area contributed by atoms with Crippen molar-refractivity contribution in [3.8, 4) is 0 Å². The molecule has 8 heteroatoms. The van der Waals surface area contributed by atoms with Gasteiger partial charge >= 0.3 is 0 Å². The van der Waals surface area contributed by atoms with Crippen LogP contribution in [0.3, 0.4) is 0 Å². The molecule has 94 valence electrons. The summed E-state index contributed by atoms with van der Waals surface area (Å²) in [6, 6.07) is 2.07. The summed E-state index contributed by atoms with van der Waals surface area (Å²) in [7, 11) is 0. The van der Waals surface area contributed by atoms with Gasteiger partial charge in [-0.2, -0.15) is 5.10 Å². The van der Waals surface area contributed by atoms with E-state index >= 15 is 0 Å². The predicted molar refractivity (Wildman–Crippen MR) is 68.6 cm³/mol. The van der Waals surface area contributed by atoms with Crippen molar-refractivity contribution in [2.75, 3.05) is 24.1 Å². The van der Waals surface area contributed by atoms with Gasteiger partial charge in [0, 0.05) is 24.5 Å². The maximum atomic E-state index is 11.9. The highest BCUT2D eigenvalue weighted by Gasteiger charge is 2.22. The van der Waals surface area contributed by atoms with Crippen LogP contribution in [0.1, 0.15) is 16.5 Å². The maximum absolute atomic E-state index is 11.9. The molecule has 4 N–H and O–H groups in total. The Balaban J connectivity index is 1.76. The van der Waals surface area contributed by atoms with Crippen molar-refractivity contribution in [1.29, 1.82) is 0 Å². The molecule has 3 rings (SSSR count). The molecule has 0 saturated carbocycles. The van der Waals surface area contributed by atoms with Gasteiger partial charge in [-0.05, 0) is 0 Å². The number of nitrogens with one attached hydrogen (secondary N) is 2. The van der Waals surface area contributed by atoms with Gasteiger partial charge in [0.25, 0.3) is 5.91 Å². The minimum absolute atomic E-state index is 0.267. The lowest BCUT2D eigenvalue weighted by Gasteiger charge is -2.28. The van der Waals surface area contributed by atoms with Crippen molar-refractivity contribution >= 4 is 28.2 Å². The van der Waals surface area contributed by atoms with Crippen LogP contribution in [0.4, 0.5) is 10.9 Å². The average molecular weight is 264 g/mol. The molecule has 1 amide bonds. The third-order valence-corrected chi connectivity index (χ3v) is 3.45. The zero-order valence-electron chi connectivity index (χ0n) is 9.46. The van der Waals surface area contributed by atoms with Gasteiger partial charge in [0.05, 0.1) is 12.2 Å². The van der Waals surface area contributed by atoms with Crippen LogP contribution in [0.2, 0.25) is 0 Å².